The zero-order chi connectivity index (χ0) is 13.4. The van der Waals surface area contributed by atoms with Crippen molar-refractivity contribution in [3.8, 4) is 0 Å². The maximum atomic E-state index is 13.6. The first-order valence-corrected chi connectivity index (χ1v) is 7.13. The molecule has 3 nitrogen and oxygen atoms in total. The number of rotatable bonds is 2. The van der Waals surface area contributed by atoms with E-state index in [2.05, 4.69) is 4.98 Å². The van der Waals surface area contributed by atoms with Gasteiger partial charge < -0.3 is 14.3 Å². The lowest BCUT2D eigenvalue weighted by Gasteiger charge is -2.23. The van der Waals surface area contributed by atoms with E-state index < -0.39 is 5.82 Å². The maximum Gasteiger partial charge on any atom is 0.178 e. The number of H-pyrrole nitrogens is 1. The molecule has 102 valence electrons. The Balaban J connectivity index is 2.00. The highest BCUT2D eigenvalue weighted by molar-refractivity contribution is 7.71. The molecule has 1 fully saturated rings. The van der Waals surface area contributed by atoms with E-state index in [0.29, 0.717) is 11.3 Å². The minimum atomic E-state index is -0.429. The molecule has 0 aliphatic carbocycles. The highest BCUT2D eigenvalue weighted by Gasteiger charge is 2.17. The Bertz CT molecular complexity index is 660. The number of imidazole rings is 1. The van der Waals surface area contributed by atoms with Crippen molar-refractivity contribution in [2.45, 2.75) is 31.9 Å². The highest BCUT2D eigenvalue weighted by Crippen LogP contribution is 2.24. The number of aromatic amines is 1. The first-order chi connectivity index (χ1) is 9.15. The molecule has 3 rings (SSSR count). The predicted octanol–water partition coefficient (Wildman–Crippen LogP) is 4.06. The lowest BCUT2D eigenvalue weighted by atomic mass is 10.1. The third kappa shape index (κ3) is 2.55. The number of hydrogen-bond donors (Lipinski definition) is 1. The number of ether oxygens (including phenoxy) is 1. The van der Waals surface area contributed by atoms with Gasteiger partial charge in [-0.2, -0.15) is 0 Å². The Morgan fingerprint density at radius 1 is 1.47 bits per heavy atom. The van der Waals surface area contributed by atoms with E-state index >= 15 is 0 Å². The van der Waals surface area contributed by atoms with E-state index in [0.717, 1.165) is 30.5 Å². The summed E-state index contributed by atoms with van der Waals surface area (Å²) in [4.78, 5) is 3.06. The molecule has 1 unspecified atom stereocenters. The molecular formula is C13H14ClFN2OS. The lowest BCUT2D eigenvalue weighted by molar-refractivity contribution is 0.00640. The van der Waals surface area contributed by atoms with Gasteiger partial charge in [0.05, 0.1) is 28.7 Å². The number of hydrogen-bond acceptors (Lipinski definition) is 2. The van der Waals surface area contributed by atoms with Gasteiger partial charge in [-0.1, -0.05) is 11.6 Å². The van der Waals surface area contributed by atoms with Crippen LogP contribution in [0.4, 0.5) is 4.39 Å². The van der Waals surface area contributed by atoms with Crippen LogP contribution in [0, 0.1) is 10.6 Å². The number of benzene rings is 1. The fourth-order valence-corrected chi connectivity index (χ4v) is 2.93. The minimum Gasteiger partial charge on any atom is -0.376 e. The van der Waals surface area contributed by atoms with Gasteiger partial charge in [0.2, 0.25) is 0 Å². The number of nitrogens with one attached hydrogen (secondary N) is 1. The molecule has 0 saturated carbocycles. The summed E-state index contributed by atoms with van der Waals surface area (Å²) in [5, 5.41) is 0.102. The molecule has 2 heterocycles. The smallest absolute Gasteiger partial charge is 0.178 e. The van der Waals surface area contributed by atoms with Crippen molar-refractivity contribution in [3.05, 3.63) is 27.7 Å². The second-order valence-electron chi connectivity index (χ2n) is 4.81. The van der Waals surface area contributed by atoms with Crippen molar-refractivity contribution in [2.24, 2.45) is 0 Å². The molecule has 1 aliphatic heterocycles. The molecule has 19 heavy (non-hydrogen) atoms. The molecule has 1 aromatic carbocycles. The van der Waals surface area contributed by atoms with Crippen LogP contribution in [-0.4, -0.2) is 22.3 Å². The lowest BCUT2D eigenvalue weighted by Crippen LogP contribution is -2.24. The summed E-state index contributed by atoms with van der Waals surface area (Å²) in [6.45, 7) is 1.44. The van der Waals surface area contributed by atoms with Crippen LogP contribution in [0.1, 0.15) is 19.3 Å². The van der Waals surface area contributed by atoms with Crippen molar-refractivity contribution < 1.29 is 9.13 Å². The Hall–Kier alpha value is -0.910. The van der Waals surface area contributed by atoms with Gasteiger partial charge >= 0.3 is 0 Å². The van der Waals surface area contributed by atoms with E-state index in [9.17, 15) is 4.39 Å². The largest absolute Gasteiger partial charge is 0.376 e. The van der Waals surface area contributed by atoms with Gasteiger partial charge in [-0.15, -0.1) is 0 Å². The molecule has 0 amide bonds. The number of nitrogens with zero attached hydrogens (tertiary/aromatic N) is 1. The van der Waals surface area contributed by atoms with Crippen LogP contribution in [0.5, 0.6) is 0 Å². The SMILES string of the molecule is Fc1cc2c(cc1Cl)[nH]c(=S)n2CC1CCCCO1. The van der Waals surface area contributed by atoms with Crippen LogP contribution in [0.25, 0.3) is 11.0 Å². The van der Waals surface area contributed by atoms with Crippen molar-refractivity contribution in [3.63, 3.8) is 0 Å². The van der Waals surface area contributed by atoms with E-state index in [-0.39, 0.29) is 11.1 Å². The molecule has 1 aromatic heterocycles. The number of fused-ring (bicyclic) bond motifs is 1. The molecule has 6 heteroatoms. The van der Waals surface area contributed by atoms with Gasteiger partial charge in [0, 0.05) is 12.7 Å². The normalized spacial score (nSPS) is 20.0. The van der Waals surface area contributed by atoms with Gasteiger partial charge in [-0.25, -0.2) is 4.39 Å². The second kappa shape index (κ2) is 5.23. The zero-order valence-electron chi connectivity index (χ0n) is 10.3. The third-order valence-corrected chi connectivity index (χ3v) is 4.09. The first kappa shape index (κ1) is 13.1. The monoisotopic (exact) mass is 300 g/mol. The van der Waals surface area contributed by atoms with Crippen molar-refractivity contribution >= 4 is 34.9 Å². The molecule has 2 aromatic rings. The van der Waals surface area contributed by atoms with Crippen molar-refractivity contribution in [2.75, 3.05) is 6.61 Å². The summed E-state index contributed by atoms with van der Waals surface area (Å²) >= 11 is 11.1. The van der Waals surface area contributed by atoms with Crippen molar-refractivity contribution in [1.82, 2.24) is 9.55 Å². The average molecular weight is 301 g/mol. The molecule has 1 N–H and O–H groups in total. The molecule has 1 atom stereocenters. The van der Waals surface area contributed by atoms with Gasteiger partial charge in [0.1, 0.15) is 5.82 Å². The fourth-order valence-electron chi connectivity index (χ4n) is 2.49. The van der Waals surface area contributed by atoms with Gasteiger partial charge in [-0.3, -0.25) is 0 Å². The molecular weight excluding hydrogens is 287 g/mol. The molecule has 1 saturated heterocycles. The van der Waals surface area contributed by atoms with Crippen LogP contribution in [0.3, 0.4) is 0 Å². The van der Waals surface area contributed by atoms with Gasteiger partial charge in [0.15, 0.2) is 4.77 Å². The average Bonchev–Trinajstić information content (AvgIpc) is 2.68. The summed E-state index contributed by atoms with van der Waals surface area (Å²) in [6.07, 6.45) is 3.45. The maximum absolute atomic E-state index is 13.6. The van der Waals surface area contributed by atoms with Crippen LogP contribution < -0.4 is 0 Å². The fraction of sp³-hybridized carbons (Fsp3) is 0.462. The van der Waals surface area contributed by atoms with Crippen LogP contribution in [-0.2, 0) is 11.3 Å². The Morgan fingerprint density at radius 3 is 3.05 bits per heavy atom. The van der Waals surface area contributed by atoms with Crippen LogP contribution in [0.2, 0.25) is 5.02 Å². The molecule has 1 aliphatic rings. The topological polar surface area (TPSA) is 29.9 Å². The minimum absolute atomic E-state index is 0.102. The molecule has 0 bridgehead atoms. The van der Waals surface area contributed by atoms with Gasteiger partial charge in [-0.05, 0) is 37.5 Å². The molecule has 0 radical (unpaired) electrons. The molecule has 0 spiro atoms. The first-order valence-electron chi connectivity index (χ1n) is 6.34. The van der Waals surface area contributed by atoms with E-state index in [4.69, 9.17) is 28.6 Å². The highest BCUT2D eigenvalue weighted by atomic mass is 35.5. The van der Waals surface area contributed by atoms with E-state index in [1.54, 1.807) is 6.07 Å². The summed E-state index contributed by atoms with van der Waals surface area (Å²) in [7, 11) is 0. The Kier molecular flexibility index (Phi) is 3.60. The van der Waals surface area contributed by atoms with Crippen molar-refractivity contribution in [1.29, 1.82) is 0 Å². The number of halogens is 2. The summed E-state index contributed by atoms with van der Waals surface area (Å²) in [6, 6.07) is 2.99. The van der Waals surface area contributed by atoms with E-state index in [1.807, 2.05) is 4.57 Å². The van der Waals surface area contributed by atoms with Crippen LogP contribution >= 0.6 is 23.8 Å². The second-order valence-corrected chi connectivity index (χ2v) is 5.61. The zero-order valence-corrected chi connectivity index (χ0v) is 11.9. The van der Waals surface area contributed by atoms with E-state index in [1.165, 1.54) is 12.5 Å². The summed E-state index contributed by atoms with van der Waals surface area (Å²) in [5.74, 6) is -0.429. The quantitative estimate of drug-likeness (QED) is 0.848. The predicted molar refractivity (Wildman–Crippen MR) is 75.7 cm³/mol. The third-order valence-electron chi connectivity index (χ3n) is 3.48. The number of aromatic nitrogens is 2. The van der Waals surface area contributed by atoms with Crippen LogP contribution in [0.15, 0.2) is 12.1 Å². The Labute approximate surface area is 120 Å². The summed E-state index contributed by atoms with van der Waals surface area (Å²) < 4.78 is 21.8. The summed E-state index contributed by atoms with van der Waals surface area (Å²) in [5.41, 5.74) is 1.49. The standard InChI is InChI=1S/C13H14ClFN2OS/c14-9-5-11-12(6-10(9)15)17(13(19)16-11)7-8-3-1-2-4-18-8/h5-6,8H,1-4,7H2,(H,16,19). The van der Waals surface area contributed by atoms with Gasteiger partial charge in [0.25, 0.3) is 0 Å². The Morgan fingerprint density at radius 2 is 2.32 bits per heavy atom.